The summed E-state index contributed by atoms with van der Waals surface area (Å²) in [6, 6.07) is 9.32. The summed E-state index contributed by atoms with van der Waals surface area (Å²) in [6.07, 6.45) is 3.56. The summed E-state index contributed by atoms with van der Waals surface area (Å²) in [6.45, 7) is 8.70. The van der Waals surface area contributed by atoms with Crippen LogP contribution in [-0.4, -0.2) is 19.2 Å². The Morgan fingerprint density at radius 1 is 1.37 bits per heavy atom. The molecule has 2 unspecified atom stereocenters. The summed E-state index contributed by atoms with van der Waals surface area (Å²) in [5, 5.41) is 3.66. The molecule has 1 saturated heterocycles. The quantitative estimate of drug-likeness (QED) is 0.836. The summed E-state index contributed by atoms with van der Waals surface area (Å²) in [5.74, 6) is 2.42. The monoisotopic (exact) mass is 261 g/mol. The van der Waals surface area contributed by atoms with Crippen molar-refractivity contribution in [1.82, 2.24) is 5.32 Å². The number of nitrogens with one attached hydrogen (secondary N) is 1. The third kappa shape index (κ3) is 3.97. The van der Waals surface area contributed by atoms with Gasteiger partial charge in [0, 0.05) is 12.0 Å². The van der Waals surface area contributed by atoms with Crippen LogP contribution >= 0.6 is 0 Å². The summed E-state index contributed by atoms with van der Waals surface area (Å²) >= 11 is 0. The van der Waals surface area contributed by atoms with E-state index in [1.807, 2.05) is 0 Å². The highest BCUT2D eigenvalue weighted by molar-refractivity contribution is 5.32. The van der Waals surface area contributed by atoms with Gasteiger partial charge in [0.05, 0.1) is 6.61 Å². The number of rotatable bonds is 6. The Morgan fingerprint density at radius 3 is 2.95 bits per heavy atom. The Balaban J connectivity index is 2.07. The highest BCUT2D eigenvalue weighted by Gasteiger charge is 2.28. The molecule has 1 aliphatic heterocycles. The lowest BCUT2D eigenvalue weighted by atomic mass is 9.87. The van der Waals surface area contributed by atoms with Crippen molar-refractivity contribution in [2.75, 3.05) is 13.2 Å². The molecule has 0 spiro atoms. The second-order valence-electron chi connectivity index (χ2n) is 6.01. The molecule has 0 saturated carbocycles. The van der Waals surface area contributed by atoms with Crippen molar-refractivity contribution in [1.29, 1.82) is 0 Å². The van der Waals surface area contributed by atoms with E-state index < -0.39 is 0 Å². The highest BCUT2D eigenvalue weighted by atomic mass is 16.5. The molecule has 0 aliphatic carbocycles. The molecular weight excluding hydrogens is 234 g/mol. The van der Waals surface area contributed by atoms with Gasteiger partial charge in [0.2, 0.25) is 0 Å². The fourth-order valence-corrected chi connectivity index (χ4v) is 2.98. The minimum atomic E-state index is 0.626. The maximum absolute atomic E-state index is 5.75. The van der Waals surface area contributed by atoms with Gasteiger partial charge in [0.15, 0.2) is 0 Å². The van der Waals surface area contributed by atoms with Crippen molar-refractivity contribution < 1.29 is 4.74 Å². The van der Waals surface area contributed by atoms with Crippen molar-refractivity contribution >= 4 is 0 Å². The molecule has 0 aromatic heterocycles. The van der Waals surface area contributed by atoms with Crippen LogP contribution in [0.3, 0.4) is 0 Å². The predicted octanol–water partition coefficient (Wildman–Crippen LogP) is 3.97. The second-order valence-corrected chi connectivity index (χ2v) is 6.01. The number of ether oxygens (including phenoxy) is 1. The number of hydrogen-bond acceptors (Lipinski definition) is 2. The van der Waals surface area contributed by atoms with Crippen LogP contribution < -0.4 is 10.1 Å². The first-order valence-electron chi connectivity index (χ1n) is 7.66. The van der Waals surface area contributed by atoms with Gasteiger partial charge in [-0.05, 0) is 49.4 Å². The third-order valence-electron chi connectivity index (χ3n) is 3.83. The van der Waals surface area contributed by atoms with Crippen LogP contribution in [0.1, 0.15) is 51.5 Å². The summed E-state index contributed by atoms with van der Waals surface area (Å²) < 4.78 is 5.75. The molecule has 2 nitrogen and oxygen atoms in total. The summed E-state index contributed by atoms with van der Waals surface area (Å²) in [4.78, 5) is 0. The lowest BCUT2D eigenvalue weighted by Gasteiger charge is -2.22. The Kier molecular flexibility index (Phi) is 5.26. The fourth-order valence-electron chi connectivity index (χ4n) is 2.98. The van der Waals surface area contributed by atoms with Crippen molar-refractivity contribution in [3.05, 3.63) is 29.8 Å². The van der Waals surface area contributed by atoms with Crippen LogP contribution in [0.15, 0.2) is 24.3 Å². The van der Waals surface area contributed by atoms with Crippen molar-refractivity contribution in [3.8, 4) is 5.75 Å². The highest BCUT2D eigenvalue weighted by Crippen LogP contribution is 2.32. The molecule has 2 heteroatoms. The van der Waals surface area contributed by atoms with E-state index in [0.717, 1.165) is 31.2 Å². The average Bonchev–Trinajstić information content (AvgIpc) is 2.84. The van der Waals surface area contributed by atoms with Gasteiger partial charge in [-0.25, -0.2) is 0 Å². The molecule has 1 aromatic rings. The van der Waals surface area contributed by atoms with Crippen LogP contribution in [0.25, 0.3) is 0 Å². The molecule has 1 heterocycles. The number of hydrogen-bond donors (Lipinski definition) is 1. The molecule has 1 N–H and O–H groups in total. The minimum absolute atomic E-state index is 0.626. The average molecular weight is 261 g/mol. The largest absolute Gasteiger partial charge is 0.494 e. The molecule has 0 amide bonds. The summed E-state index contributed by atoms with van der Waals surface area (Å²) in [5.41, 5.74) is 1.43. The van der Waals surface area contributed by atoms with Crippen molar-refractivity contribution in [2.45, 2.75) is 52.0 Å². The fraction of sp³-hybridized carbons (Fsp3) is 0.647. The number of benzene rings is 1. The van der Waals surface area contributed by atoms with E-state index in [4.69, 9.17) is 4.74 Å². The van der Waals surface area contributed by atoms with E-state index >= 15 is 0 Å². The van der Waals surface area contributed by atoms with Gasteiger partial charge in [-0.2, -0.15) is 0 Å². The van der Waals surface area contributed by atoms with Gasteiger partial charge in [0.1, 0.15) is 5.75 Å². The molecule has 19 heavy (non-hydrogen) atoms. The van der Waals surface area contributed by atoms with E-state index in [-0.39, 0.29) is 0 Å². The lowest BCUT2D eigenvalue weighted by Crippen LogP contribution is -2.27. The van der Waals surface area contributed by atoms with E-state index in [9.17, 15) is 0 Å². The smallest absolute Gasteiger partial charge is 0.119 e. The zero-order valence-electron chi connectivity index (χ0n) is 12.5. The molecule has 1 aromatic carbocycles. The van der Waals surface area contributed by atoms with Gasteiger partial charge in [-0.3, -0.25) is 0 Å². The first-order chi connectivity index (χ1) is 9.20. The standard InChI is InChI=1S/C17H27NO/c1-4-10-19-15-7-5-6-14(12-15)16-8-9-18-17(16)11-13(2)3/h5-7,12-13,16-18H,4,8-11H2,1-3H3. The SMILES string of the molecule is CCCOc1cccc(C2CCNC2CC(C)C)c1. The zero-order chi connectivity index (χ0) is 13.7. The Hall–Kier alpha value is -1.02. The molecule has 106 valence electrons. The van der Waals surface area contributed by atoms with Crippen molar-refractivity contribution in [2.24, 2.45) is 5.92 Å². The third-order valence-corrected chi connectivity index (χ3v) is 3.83. The van der Waals surface area contributed by atoms with Crippen LogP contribution in [-0.2, 0) is 0 Å². The van der Waals surface area contributed by atoms with Crippen LogP contribution in [0.5, 0.6) is 5.75 Å². The topological polar surface area (TPSA) is 21.3 Å². The van der Waals surface area contributed by atoms with E-state index in [2.05, 4.69) is 50.4 Å². The maximum Gasteiger partial charge on any atom is 0.119 e. The van der Waals surface area contributed by atoms with Crippen LogP contribution in [0.2, 0.25) is 0 Å². The van der Waals surface area contributed by atoms with E-state index in [1.165, 1.54) is 18.4 Å². The van der Waals surface area contributed by atoms with E-state index in [0.29, 0.717) is 12.0 Å². The zero-order valence-corrected chi connectivity index (χ0v) is 12.5. The molecule has 0 bridgehead atoms. The van der Waals surface area contributed by atoms with Crippen molar-refractivity contribution in [3.63, 3.8) is 0 Å². The molecule has 1 aliphatic rings. The molecule has 0 radical (unpaired) electrons. The van der Waals surface area contributed by atoms with Gasteiger partial charge >= 0.3 is 0 Å². The molecule has 2 rings (SSSR count). The van der Waals surface area contributed by atoms with E-state index in [1.54, 1.807) is 0 Å². The van der Waals surface area contributed by atoms with Gasteiger partial charge in [0.25, 0.3) is 0 Å². The first kappa shape index (κ1) is 14.4. The second kappa shape index (κ2) is 6.95. The molecule has 1 fully saturated rings. The van der Waals surface area contributed by atoms with Crippen LogP contribution in [0, 0.1) is 5.92 Å². The Labute approximate surface area is 117 Å². The van der Waals surface area contributed by atoms with Crippen LogP contribution in [0.4, 0.5) is 0 Å². The predicted molar refractivity (Wildman–Crippen MR) is 80.8 cm³/mol. The molecule has 2 atom stereocenters. The Bertz CT molecular complexity index is 389. The Morgan fingerprint density at radius 2 is 2.21 bits per heavy atom. The minimum Gasteiger partial charge on any atom is -0.494 e. The maximum atomic E-state index is 5.75. The first-order valence-corrected chi connectivity index (χ1v) is 7.66. The van der Waals surface area contributed by atoms with Gasteiger partial charge < -0.3 is 10.1 Å². The van der Waals surface area contributed by atoms with Gasteiger partial charge in [-0.15, -0.1) is 0 Å². The normalized spacial score (nSPS) is 22.9. The van der Waals surface area contributed by atoms with Gasteiger partial charge in [-0.1, -0.05) is 32.9 Å². The summed E-state index contributed by atoms with van der Waals surface area (Å²) in [7, 11) is 0. The lowest BCUT2D eigenvalue weighted by molar-refractivity contribution is 0.316. The molecular formula is C17H27NO.